The average Bonchev–Trinajstić information content (AvgIpc) is 2.78. The number of H-pyrrole nitrogens is 1. The number of pyridine rings is 1. The first-order valence-electron chi connectivity index (χ1n) is 6.06. The van der Waals surface area contributed by atoms with Crippen molar-refractivity contribution in [1.29, 1.82) is 0 Å². The quantitative estimate of drug-likeness (QED) is 0.497. The van der Waals surface area contributed by atoms with Gasteiger partial charge in [-0.1, -0.05) is 36.4 Å². The summed E-state index contributed by atoms with van der Waals surface area (Å²) in [5.74, 6) is 0. The van der Waals surface area contributed by atoms with Gasteiger partial charge in [0, 0.05) is 12.5 Å². The molecule has 2 aromatic carbocycles. The molecular weight excluding hydrogens is 222 g/mol. The van der Waals surface area contributed by atoms with Gasteiger partial charge in [-0.2, -0.15) is 0 Å². The molecule has 1 aliphatic carbocycles. The van der Waals surface area contributed by atoms with Crippen molar-refractivity contribution in [2.75, 3.05) is 0 Å². The summed E-state index contributed by atoms with van der Waals surface area (Å²) in [5.41, 5.74) is 6.07. The first kappa shape index (κ1) is 9.66. The normalized spacial score (nSPS) is 12.4. The van der Waals surface area contributed by atoms with Gasteiger partial charge in [-0.25, -0.2) is 0 Å². The molecule has 0 radical (unpaired) electrons. The Kier molecular flexibility index (Phi) is 1.78. The van der Waals surface area contributed by atoms with Gasteiger partial charge in [-0.05, 0) is 33.7 Å². The third-order valence-corrected chi connectivity index (χ3v) is 3.68. The Morgan fingerprint density at radius 3 is 2.67 bits per heavy atom. The maximum atomic E-state index is 11.5. The van der Waals surface area contributed by atoms with Crippen molar-refractivity contribution in [3.05, 3.63) is 70.0 Å². The number of rotatable bonds is 0. The van der Waals surface area contributed by atoms with Crippen LogP contribution in [-0.2, 0) is 6.42 Å². The zero-order valence-corrected chi connectivity index (χ0v) is 9.73. The van der Waals surface area contributed by atoms with Crippen molar-refractivity contribution in [2.45, 2.75) is 6.42 Å². The van der Waals surface area contributed by atoms with Crippen molar-refractivity contribution in [1.82, 2.24) is 4.98 Å². The minimum absolute atomic E-state index is 0.0353. The van der Waals surface area contributed by atoms with Gasteiger partial charge < -0.3 is 4.98 Å². The number of nitrogens with one attached hydrogen (secondary N) is 1. The molecule has 0 saturated carbocycles. The van der Waals surface area contributed by atoms with Crippen molar-refractivity contribution in [2.24, 2.45) is 0 Å². The zero-order valence-electron chi connectivity index (χ0n) is 9.73. The Morgan fingerprint density at radius 1 is 0.889 bits per heavy atom. The lowest BCUT2D eigenvalue weighted by molar-refractivity contribution is 1.23. The maximum Gasteiger partial charge on any atom is 0.248 e. The zero-order chi connectivity index (χ0) is 12.1. The van der Waals surface area contributed by atoms with E-state index < -0.39 is 0 Å². The first-order valence-corrected chi connectivity index (χ1v) is 6.06. The lowest BCUT2D eigenvalue weighted by Crippen LogP contribution is -2.03. The summed E-state index contributed by atoms with van der Waals surface area (Å²) in [6.07, 6.45) is 0.906. The van der Waals surface area contributed by atoms with Gasteiger partial charge in [-0.15, -0.1) is 0 Å². The Balaban J connectivity index is 2.12. The van der Waals surface area contributed by atoms with Crippen LogP contribution >= 0.6 is 0 Å². The van der Waals surface area contributed by atoms with E-state index >= 15 is 0 Å². The molecular formula is C16H11NO. The van der Waals surface area contributed by atoms with Crippen LogP contribution in [0.25, 0.3) is 22.0 Å². The molecule has 18 heavy (non-hydrogen) atoms. The van der Waals surface area contributed by atoms with Crippen LogP contribution in [0.5, 0.6) is 0 Å². The third kappa shape index (κ3) is 1.20. The van der Waals surface area contributed by atoms with Gasteiger partial charge in [-0.3, -0.25) is 4.79 Å². The smallest absolute Gasteiger partial charge is 0.248 e. The van der Waals surface area contributed by atoms with E-state index in [0.717, 1.165) is 17.3 Å². The molecule has 1 aromatic heterocycles. The summed E-state index contributed by atoms with van der Waals surface area (Å²) >= 11 is 0. The maximum absolute atomic E-state index is 11.5. The Labute approximate surface area is 104 Å². The van der Waals surface area contributed by atoms with E-state index in [-0.39, 0.29) is 5.56 Å². The highest BCUT2D eigenvalue weighted by atomic mass is 16.1. The fraction of sp³-hybridized carbons (Fsp3) is 0.0625. The highest BCUT2D eigenvalue weighted by Crippen LogP contribution is 2.39. The summed E-state index contributed by atoms with van der Waals surface area (Å²) < 4.78 is 0. The second kappa shape index (κ2) is 3.33. The van der Waals surface area contributed by atoms with E-state index in [1.807, 2.05) is 6.07 Å². The highest BCUT2D eigenvalue weighted by molar-refractivity contribution is 5.92. The van der Waals surface area contributed by atoms with Gasteiger partial charge in [0.05, 0.1) is 5.52 Å². The Hall–Kier alpha value is -2.35. The van der Waals surface area contributed by atoms with E-state index in [1.165, 1.54) is 22.3 Å². The molecule has 1 aliphatic rings. The monoisotopic (exact) mass is 233 g/mol. The number of aromatic amines is 1. The Morgan fingerprint density at radius 2 is 1.72 bits per heavy atom. The first-order chi connectivity index (χ1) is 8.83. The van der Waals surface area contributed by atoms with Crippen molar-refractivity contribution >= 4 is 10.9 Å². The number of hydrogen-bond acceptors (Lipinski definition) is 1. The van der Waals surface area contributed by atoms with Crippen LogP contribution in [-0.4, -0.2) is 4.98 Å². The van der Waals surface area contributed by atoms with Crippen LogP contribution in [0, 0.1) is 0 Å². The van der Waals surface area contributed by atoms with Crippen LogP contribution in [0.3, 0.4) is 0 Å². The molecule has 86 valence electrons. The lowest BCUT2D eigenvalue weighted by atomic mass is 10.0. The number of benzene rings is 2. The van der Waals surface area contributed by atoms with Gasteiger partial charge in [0.1, 0.15) is 0 Å². The van der Waals surface area contributed by atoms with Crippen LogP contribution in [0.2, 0.25) is 0 Å². The Bertz CT molecular complexity index is 830. The fourth-order valence-corrected chi connectivity index (χ4v) is 2.85. The molecule has 0 spiro atoms. The summed E-state index contributed by atoms with van der Waals surface area (Å²) in [6.45, 7) is 0. The molecule has 0 fully saturated rings. The van der Waals surface area contributed by atoms with Gasteiger partial charge in [0.25, 0.3) is 0 Å². The summed E-state index contributed by atoms with van der Waals surface area (Å²) in [6, 6.07) is 16.1. The molecule has 1 heterocycles. The summed E-state index contributed by atoms with van der Waals surface area (Å²) in [5, 5.41) is 1.10. The largest absolute Gasteiger partial charge is 0.322 e. The lowest BCUT2D eigenvalue weighted by Gasteiger charge is -2.04. The standard InChI is InChI=1S/C16H11NO/c18-15-8-6-10-5-7-13-12-4-2-1-3-11(12)9-14(13)16(10)17-15/h1-8H,9H2,(H,17,18). The van der Waals surface area contributed by atoms with Crippen molar-refractivity contribution < 1.29 is 0 Å². The molecule has 0 unspecified atom stereocenters. The van der Waals surface area contributed by atoms with Crippen LogP contribution in [0.15, 0.2) is 53.3 Å². The average molecular weight is 233 g/mol. The van der Waals surface area contributed by atoms with E-state index in [1.54, 1.807) is 6.07 Å². The van der Waals surface area contributed by atoms with Gasteiger partial charge in [0.2, 0.25) is 5.56 Å². The molecule has 0 atom stereocenters. The number of hydrogen-bond donors (Lipinski definition) is 1. The molecule has 3 aromatic rings. The number of fused-ring (bicyclic) bond motifs is 5. The molecule has 0 amide bonds. The van der Waals surface area contributed by atoms with E-state index in [9.17, 15) is 4.79 Å². The minimum Gasteiger partial charge on any atom is -0.322 e. The summed E-state index contributed by atoms with van der Waals surface area (Å²) in [4.78, 5) is 14.5. The molecule has 0 saturated heterocycles. The highest BCUT2D eigenvalue weighted by Gasteiger charge is 2.19. The van der Waals surface area contributed by atoms with Crippen molar-refractivity contribution in [3.8, 4) is 11.1 Å². The SMILES string of the molecule is O=c1ccc2ccc3c(c2[nH]1)Cc1ccccc1-3. The molecule has 4 rings (SSSR count). The number of aromatic nitrogens is 1. The molecule has 2 nitrogen and oxygen atoms in total. The minimum atomic E-state index is -0.0353. The van der Waals surface area contributed by atoms with E-state index in [4.69, 9.17) is 0 Å². The molecule has 2 heteroatoms. The topological polar surface area (TPSA) is 32.9 Å². The van der Waals surface area contributed by atoms with Crippen LogP contribution in [0.1, 0.15) is 11.1 Å². The third-order valence-electron chi connectivity index (χ3n) is 3.68. The van der Waals surface area contributed by atoms with Gasteiger partial charge >= 0.3 is 0 Å². The van der Waals surface area contributed by atoms with E-state index in [2.05, 4.69) is 41.4 Å². The fourth-order valence-electron chi connectivity index (χ4n) is 2.85. The van der Waals surface area contributed by atoms with Crippen LogP contribution < -0.4 is 5.56 Å². The summed E-state index contributed by atoms with van der Waals surface area (Å²) in [7, 11) is 0. The second-order valence-corrected chi connectivity index (χ2v) is 4.71. The molecule has 1 N–H and O–H groups in total. The van der Waals surface area contributed by atoms with Crippen LogP contribution in [0.4, 0.5) is 0 Å². The van der Waals surface area contributed by atoms with Gasteiger partial charge in [0.15, 0.2) is 0 Å². The predicted octanol–water partition coefficient (Wildman–Crippen LogP) is 3.10. The van der Waals surface area contributed by atoms with E-state index in [0.29, 0.717) is 0 Å². The molecule has 0 bridgehead atoms. The molecule has 0 aliphatic heterocycles. The second-order valence-electron chi connectivity index (χ2n) is 4.71. The predicted molar refractivity (Wildman–Crippen MR) is 72.8 cm³/mol. The van der Waals surface area contributed by atoms with Crippen molar-refractivity contribution in [3.63, 3.8) is 0 Å².